The van der Waals surface area contributed by atoms with E-state index in [0.717, 1.165) is 41.7 Å². The van der Waals surface area contributed by atoms with Crippen LogP contribution < -0.4 is 0 Å². The van der Waals surface area contributed by atoms with E-state index < -0.39 is 0 Å². The molecule has 0 amide bonds. The molecule has 0 aliphatic heterocycles. The van der Waals surface area contributed by atoms with Crippen molar-refractivity contribution in [1.29, 1.82) is 0 Å². The molecule has 1 atom stereocenters. The molecule has 108 valence electrons. The van der Waals surface area contributed by atoms with Gasteiger partial charge in [0.15, 0.2) is 5.65 Å². The number of hydrogen-bond donors (Lipinski definition) is 0. The first kappa shape index (κ1) is 13.8. The quantitative estimate of drug-likeness (QED) is 0.794. The summed E-state index contributed by atoms with van der Waals surface area (Å²) < 4.78 is 2.17. The Hall–Kier alpha value is -1.13. The fourth-order valence-corrected chi connectivity index (χ4v) is 2.78. The van der Waals surface area contributed by atoms with Crippen molar-refractivity contribution in [3.63, 3.8) is 0 Å². The van der Waals surface area contributed by atoms with Crippen molar-refractivity contribution in [3.8, 4) is 0 Å². The van der Waals surface area contributed by atoms with Crippen LogP contribution in [0.25, 0.3) is 11.2 Å². The van der Waals surface area contributed by atoms with Gasteiger partial charge in [0.25, 0.3) is 0 Å². The van der Waals surface area contributed by atoms with Crippen molar-refractivity contribution in [2.45, 2.75) is 44.7 Å². The molecule has 1 aliphatic rings. The lowest BCUT2D eigenvalue weighted by molar-refractivity contribution is 0.309. The molecule has 2 heterocycles. The van der Waals surface area contributed by atoms with Crippen molar-refractivity contribution >= 4 is 22.8 Å². The van der Waals surface area contributed by atoms with Gasteiger partial charge in [-0.3, -0.25) is 0 Å². The van der Waals surface area contributed by atoms with E-state index in [0.29, 0.717) is 0 Å². The van der Waals surface area contributed by atoms with E-state index in [1.807, 2.05) is 20.0 Å². The SMILES string of the molecule is Cc1cnc2c(c1)nc(C(C)Cl)n2CCN(C)C1CC1. The normalized spacial score (nSPS) is 17.1. The van der Waals surface area contributed by atoms with Gasteiger partial charge in [-0.2, -0.15) is 0 Å². The lowest BCUT2D eigenvalue weighted by Crippen LogP contribution is -2.26. The molecule has 0 bridgehead atoms. The molecule has 1 saturated carbocycles. The van der Waals surface area contributed by atoms with E-state index in [-0.39, 0.29) is 5.38 Å². The van der Waals surface area contributed by atoms with Crippen molar-refractivity contribution in [2.24, 2.45) is 0 Å². The molecule has 0 saturated heterocycles. The third-order valence-electron chi connectivity index (χ3n) is 3.95. The average molecular weight is 293 g/mol. The molecule has 2 aromatic heterocycles. The Morgan fingerprint density at radius 1 is 1.50 bits per heavy atom. The van der Waals surface area contributed by atoms with Crippen LogP contribution in [0, 0.1) is 6.92 Å². The Labute approximate surface area is 124 Å². The molecule has 20 heavy (non-hydrogen) atoms. The zero-order valence-electron chi connectivity index (χ0n) is 12.3. The smallest absolute Gasteiger partial charge is 0.160 e. The maximum atomic E-state index is 6.29. The standard InChI is InChI=1S/C15H21ClN4/c1-10-8-13-15(17-9-10)20(14(18-13)11(2)16)7-6-19(3)12-4-5-12/h8-9,11-12H,4-7H2,1-3H3. The monoisotopic (exact) mass is 292 g/mol. The van der Waals surface area contributed by atoms with Gasteiger partial charge >= 0.3 is 0 Å². The summed E-state index contributed by atoms with van der Waals surface area (Å²) in [5.41, 5.74) is 3.02. The van der Waals surface area contributed by atoms with E-state index in [1.165, 1.54) is 12.8 Å². The van der Waals surface area contributed by atoms with Crippen molar-refractivity contribution in [2.75, 3.05) is 13.6 Å². The van der Waals surface area contributed by atoms with Crippen LogP contribution in [0.3, 0.4) is 0 Å². The largest absolute Gasteiger partial charge is 0.310 e. The number of halogens is 1. The van der Waals surface area contributed by atoms with E-state index in [9.17, 15) is 0 Å². The Bertz CT molecular complexity index is 616. The number of rotatable bonds is 5. The molecular formula is C15H21ClN4. The van der Waals surface area contributed by atoms with Gasteiger partial charge < -0.3 is 9.47 Å². The average Bonchev–Trinajstić information content (AvgIpc) is 3.18. The Morgan fingerprint density at radius 2 is 2.25 bits per heavy atom. The summed E-state index contributed by atoms with van der Waals surface area (Å²) in [6.45, 7) is 5.92. The van der Waals surface area contributed by atoms with Crippen LogP contribution in [-0.2, 0) is 6.54 Å². The zero-order valence-corrected chi connectivity index (χ0v) is 13.1. The second kappa shape index (κ2) is 5.34. The minimum absolute atomic E-state index is 0.101. The number of pyridine rings is 1. The summed E-state index contributed by atoms with van der Waals surface area (Å²) >= 11 is 6.29. The highest BCUT2D eigenvalue weighted by Crippen LogP contribution is 2.27. The summed E-state index contributed by atoms with van der Waals surface area (Å²) in [6.07, 6.45) is 4.56. The Balaban J connectivity index is 1.91. The number of imidazole rings is 1. The molecule has 1 unspecified atom stereocenters. The number of hydrogen-bond acceptors (Lipinski definition) is 3. The molecule has 0 N–H and O–H groups in total. The molecule has 0 aromatic carbocycles. The number of alkyl halides is 1. The highest BCUT2D eigenvalue weighted by atomic mass is 35.5. The van der Waals surface area contributed by atoms with E-state index >= 15 is 0 Å². The van der Waals surface area contributed by atoms with Gasteiger partial charge in [-0.05, 0) is 45.4 Å². The summed E-state index contributed by atoms with van der Waals surface area (Å²) in [6, 6.07) is 2.85. The van der Waals surface area contributed by atoms with E-state index in [2.05, 4.69) is 32.5 Å². The molecule has 1 aliphatic carbocycles. The first-order chi connectivity index (χ1) is 9.56. The Kier molecular flexibility index (Phi) is 3.69. The lowest BCUT2D eigenvalue weighted by atomic mass is 10.3. The predicted octanol–water partition coefficient (Wildman–Crippen LogP) is 3.13. The number of aryl methyl sites for hydroxylation is 1. The van der Waals surface area contributed by atoms with Crippen LogP contribution >= 0.6 is 11.6 Å². The summed E-state index contributed by atoms with van der Waals surface area (Å²) in [5, 5.41) is -0.101. The van der Waals surface area contributed by atoms with Gasteiger partial charge in [-0.25, -0.2) is 9.97 Å². The van der Waals surface area contributed by atoms with Crippen molar-refractivity contribution < 1.29 is 0 Å². The second-order valence-corrected chi connectivity index (χ2v) is 6.46. The third kappa shape index (κ3) is 2.67. The maximum Gasteiger partial charge on any atom is 0.160 e. The zero-order chi connectivity index (χ0) is 14.3. The molecule has 5 heteroatoms. The summed E-state index contributed by atoms with van der Waals surface area (Å²) in [7, 11) is 2.19. The number of nitrogens with zero attached hydrogens (tertiary/aromatic N) is 4. The fourth-order valence-electron chi connectivity index (χ4n) is 2.61. The predicted molar refractivity (Wildman–Crippen MR) is 82.2 cm³/mol. The highest BCUT2D eigenvalue weighted by Gasteiger charge is 2.26. The van der Waals surface area contributed by atoms with E-state index in [1.54, 1.807) is 0 Å². The van der Waals surface area contributed by atoms with Crippen LogP contribution in [0.5, 0.6) is 0 Å². The topological polar surface area (TPSA) is 34.0 Å². The number of aromatic nitrogens is 3. The molecular weight excluding hydrogens is 272 g/mol. The van der Waals surface area contributed by atoms with Gasteiger partial charge in [0.2, 0.25) is 0 Å². The van der Waals surface area contributed by atoms with Gasteiger partial charge in [-0.1, -0.05) is 0 Å². The minimum Gasteiger partial charge on any atom is -0.310 e. The maximum absolute atomic E-state index is 6.29. The van der Waals surface area contributed by atoms with Gasteiger partial charge in [-0.15, -0.1) is 11.6 Å². The molecule has 1 fully saturated rings. The van der Waals surface area contributed by atoms with Crippen LogP contribution in [0.1, 0.15) is 36.5 Å². The van der Waals surface area contributed by atoms with Gasteiger partial charge in [0, 0.05) is 25.3 Å². The lowest BCUT2D eigenvalue weighted by Gasteiger charge is -2.17. The van der Waals surface area contributed by atoms with Crippen molar-refractivity contribution in [1.82, 2.24) is 19.4 Å². The highest BCUT2D eigenvalue weighted by molar-refractivity contribution is 6.20. The number of likely N-dealkylation sites (N-methyl/N-ethyl adjacent to an activating group) is 1. The summed E-state index contributed by atoms with van der Waals surface area (Å²) in [4.78, 5) is 11.6. The summed E-state index contributed by atoms with van der Waals surface area (Å²) in [5.74, 6) is 0.920. The van der Waals surface area contributed by atoms with Gasteiger partial charge in [0.1, 0.15) is 11.3 Å². The first-order valence-electron chi connectivity index (χ1n) is 7.23. The van der Waals surface area contributed by atoms with Crippen LogP contribution in [0.4, 0.5) is 0 Å². The molecule has 3 rings (SSSR count). The van der Waals surface area contributed by atoms with Crippen molar-refractivity contribution in [3.05, 3.63) is 23.7 Å². The molecule has 2 aromatic rings. The minimum atomic E-state index is -0.101. The van der Waals surface area contributed by atoms with Crippen LogP contribution in [-0.4, -0.2) is 39.1 Å². The third-order valence-corrected chi connectivity index (χ3v) is 4.15. The fraction of sp³-hybridized carbons (Fsp3) is 0.600. The van der Waals surface area contributed by atoms with Gasteiger partial charge in [0.05, 0.1) is 5.38 Å². The molecule has 0 spiro atoms. The van der Waals surface area contributed by atoms with E-state index in [4.69, 9.17) is 11.6 Å². The molecule has 0 radical (unpaired) electrons. The van der Waals surface area contributed by atoms with Crippen LogP contribution in [0.15, 0.2) is 12.3 Å². The molecule has 4 nitrogen and oxygen atoms in total. The first-order valence-corrected chi connectivity index (χ1v) is 7.67. The number of fused-ring (bicyclic) bond motifs is 1. The Morgan fingerprint density at radius 3 is 2.90 bits per heavy atom. The van der Waals surface area contributed by atoms with Crippen LogP contribution in [0.2, 0.25) is 0 Å². The second-order valence-electron chi connectivity index (χ2n) is 5.80.